The second-order valence-corrected chi connectivity index (χ2v) is 6.53. The molecule has 2 nitrogen and oxygen atoms in total. The lowest BCUT2D eigenvalue weighted by Gasteiger charge is -2.11. The summed E-state index contributed by atoms with van der Waals surface area (Å²) < 4.78 is 0. The van der Waals surface area contributed by atoms with E-state index in [2.05, 4.69) is 43.1 Å². The molecule has 19 heavy (non-hydrogen) atoms. The largest absolute Gasteiger partial charge is 0.387 e. The molecule has 102 valence electrons. The number of aromatic nitrogens is 1. The van der Waals surface area contributed by atoms with Crippen LogP contribution in [0.5, 0.6) is 0 Å². The van der Waals surface area contributed by atoms with Crippen molar-refractivity contribution in [2.45, 2.75) is 46.1 Å². The van der Waals surface area contributed by atoms with Crippen LogP contribution >= 0.6 is 11.3 Å². The first-order valence-corrected chi connectivity index (χ1v) is 7.50. The van der Waals surface area contributed by atoms with Crippen LogP contribution in [0.15, 0.2) is 24.3 Å². The summed E-state index contributed by atoms with van der Waals surface area (Å²) in [6.07, 6.45) is 0.206. The Morgan fingerprint density at radius 2 is 1.79 bits per heavy atom. The number of thiazole rings is 1. The van der Waals surface area contributed by atoms with Gasteiger partial charge < -0.3 is 5.11 Å². The number of hydrogen-bond acceptors (Lipinski definition) is 3. The van der Waals surface area contributed by atoms with Crippen LogP contribution in [-0.2, 0) is 6.42 Å². The number of aliphatic hydroxyl groups is 1. The van der Waals surface area contributed by atoms with Crippen LogP contribution in [0.25, 0.3) is 0 Å². The second kappa shape index (κ2) is 5.85. The number of aryl methyl sites for hydroxylation is 2. The Kier molecular flexibility index (Phi) is 4.38. The monoisotopic (exact) mass is 275 g/mol. The summed E-state index contributed by atoms with van der Waals surface area (Å²) in [5.74, 6) is 0.547. The van der Waals surface area contributed by atoms with Gasteiger partial charge in [0.25, 0.3) is 0 Å². The maximum Gasteiger partial charge on any atom is 0.0941 e. The van der Waals surface area contributed by atoms with Gasteiger partial charge >= 0.3 is 0 Å². The van der Waals surface area contributed by atoms with Gasteiger partial charge in [-0.25, -0.2) is 4.98 Å². The molecule has 0 fully saturated rings. The van der Waals surface area contributed by atoms with E-state index in [0.29, 0.717) is 12.3 Å². The van der Waals surface area contributed by atoms with Gasteiger partial charge in [-0.2, -0.15) is 0 Å². The smallest absolute Gasteiger partial charge is 0.0941 e. The van der Waals surface area contributed by atoms with Gasteiger partial charge in [0.2, 0.25) is 0 Å². The Bertz CT molecular complexity index is 542. The van der Waals surface area contributed by atoms with Crippen molar-refractivity contribution < 1.29 is 5.11 Å². The van der Waals surface area contributed by atoms with E-state index in [1.807, 2.05) is 13.8 Å². The molecule has 0 aliphatic heterocycles. The molecule has 1 unspecified atom stereocenters. The van der Waals surface area contributed by atoms with Crippen LogP contribution in [0.1, 0.15) is 52.6 Å². The highest BCUT2D eigenvalue weighted by atomic mass is 32.1. The standard InChI is InChI=1S/C16H21NOS/c1-10(2)14-7-5-13(6-8-14)9-15(18)16-11(3)17-12(4)19-16/h5-8,10,15,18H,9H2,1-4H3. The first kappa shape index (κ1) is 14.2. The number of benzene rings is 1. The highest BCUT2D eigenvalue weighted by molar-refractivity contribution is 7.11. The summed E-state index contributed by atoms with van der Waals surface area (Å²) in [6, 6.07) is 8.53. The van der Waals surface area contributed by atoms with Gasteiger partial charge in [0.1, 0.15) is 0 Å². The van der Waals surface area contributed by atoms with Crippen molar-refractivity contribution in [2.24, 2.45) is 0 Å². The molecule has 1 atom stereocenters. The molecule has 0 spiro atoms. The molecule has 3 heteroatoms. The Morgan fingerprint density at radius 3 is 2.26 bits per heavy atom. The lowest BCUT2D eigenvalue weighted by Crippen LogP contribution is -2.01. The van der Waals surface area contributed by atoms with Crippen molar-refractivity contribution in [1.82, 2.24) is 4.98 Å². The molecule has 0 aliphatic carbocycles. The molecule has 2 aromatic rings. The van der Waals surface area contributed by atoms with E-state index >= 15 is 0 Å². The fourth-order valence-corrected chi connectivity index (χ4v) is 3.12. The fraction of sp³-hybridized carbons (Fsp3) is 0.438. The molecule has 0 amide bonds. The van der Waals surface area contributed by atoms with E-state index < -0.39 is 6.10 Å². The Balaban J connectivity index is 2.10. The van der Waals surface area contributed by atoms with Crippen molar-refractivity contribution in [1.29, 1.82) is 0 Å². The van der Waals surface area contributed by atoms with Crippen LogP contribution in [0.4, 0.5) is 0 Å². The molecule has 0 saturated carbocycles. The lowest BCUT2D eigenvalue weighted by molar-refractivity contribution is 0.181. The first-order valence-electron chi connectivity index (χ1n) is 6.68. The highest BCUT2D eigenvalue weighted by Gasteiger charge is 2.15. The third-order valence-electron chi connectivity index (χ3n) is 3.32. The fourth-order valence-electron chi connectivity index (χ4n) is 2.21. The molecule has 1 N–H and O–H groups in total. The van der Waals surface area contributed by atoms with Gasteiger partial charge in [-0.15, -0.1) is 11.3 Å². The summed E-state index contributed by atoms with van der Waals surface area (Å²) in [4.78, 5) is 5.36. The molecule has 1 heterocycles. The van der Waals surface area contributed by atoms with E-state index in [4.69, 9.17) is 0 Å². The number of rotatable bonds is 4. The third kappa shape index (κ3) is 3.43. The van der Waals surface area contributed by atoms with E-state index in [-0.39, 0.29) is 0 Å². The average Bonchev–Trinajstić information content (AvgIpc) is 2.69. The number of nitrogens with zero attached hydrogens (tertiary/aromatic N) is 1. The van der Waals surface area contributed by atoms with Gasteiger partial charge in [0.05, 0.1) is 21.7 Å². The predicted octanol–water partition coefficient (Wildman–Crippen LogP) is 4.16. The quantitative estimate of drug-likeness (QED) is 0.909. The van der Waals surface area contributed by atoms with Crippen LogP contribution in [0.3, 0.4) is 0 Å². The van der Waals surface area contributed by atoms with Gasteiger partial charge in [0, 0.05) is 6.42 Å². The molecule has 0 bridgehead atoms. The molecule has 0 radical (unpaired) electrons. The van der Waals surface area contributed by atoms with Crippen LogP contribution in [0, 0.1) is 13.8 Å². The van der Waals surface area contributed by atoms with E-state index in [1.165, 1.54) is 11.1 Å². The van der Waals surface area contributed by atoms with Crippen molar-refractivity contribution in [3.8, 4) is 0 Å². The summed E-state index contributed by atoms with van der Waals surface area (Å²) >= 11 is 1.59. The summed E-state index contributed by atoms with van der Waals surface area (Å²) in [7, 11) is 0. The Morgan fingerprint density at radius 1 is 1.16 bits per heavy atom. The summed E-state index contributed by atoms with van der Waals surface area (Å²) in [5.41, 5.74) is 3.46. The zero-order valence-corrected chi connectivity index (χ0v) is 12.8. The molecule has 2 rings (SSSR count). The summed E-state index contributed by atoms with van der Waals surface area (Å²) in [6.45, 7) is 8.32. The molecule has 0 aliphatic rings. The lowest BCUT2D eigenvalue weighted by atomic mass is 9.99. The predicted molar refractivity (Wildman–Crippen MR) is 80.8 cm³/mol. The average molecular weight is 275 g/mol. The Labute approximate surface area is 119 Å². The maximum absolute atomic E-state index is 10.3. The van der Waals surface area contributed by atoms with Crippen LogP contribution in [0.2, 0.25) is 0 Å². The Hall–Kier alpha value is -1.19. The molecular formula is C16H21NOS. The van der Waals surface area contributed by atoms with Gasteiger partial charge in [-0.1, -0.05) is 38.1 Å². The normalized spacial score (nSPS) is 12.9. The first-order chi connectivity index (χ1) is 8.97. The zero-order valence-electron chi connectivity index (χ0n) is 12.0. The van der Waals surface area contributed by atoms with Crippen molar-refractivity contribution in [2.75, 3.05) is 0 Å². The topological polar surface area (TPSA) is 33.1 Å². The molecule has 0 saturated heterocycles. The number of aliphatic hydroxyl groups excluding tert-OH is 1. The van der Waals surface area contributed by atoms with Gasteiger partial charge in [0.15, 0.2) is 0 Å². The van der Waals surface area contributed by atoms with Crippen LogP contribution < -0.4 is 0 Å². The third-order valence-corrected chi connectivity index (χ3v) is 4.49. The minimum Gasteiger partial charge on any atom is -0.387 e. The van der Waals surface area contributed by atoms with Crippen molar-refractivity contribution in [3.63, 3.8) is 0 Å². The van der Waals surface area contributed by atoms with E-state index in [1.54, 1.807) is 11.3 Å². The molecular weight excluding hydrogens is 254 g/mol. The van der Waals surface area contributed by atoms with Crippen LogP contribution in [-0.4, -0.2) is 10.1 Å². The maximum atomic E-state index is 10.3. The summed E-state index contributed by atoms with van der Waals surface area (Å²) in [5, 5.41) is 11.3. The number of hydrogen-bond donors (Lipinski definition) is 1. The van der Waals surface area contributed by atoms with Crippen molar-refractivity contribution in [3.05, 3.63) is 51.0 Å². The van der Waals surface area contributed by atoms with Gasteiger partial charge in [-0.05, 0) is 30.9 Å². The van der Waals surface area contributed by atoms with Gasteiger partial charge in [-0.3, -0.25) is 0 Å². The molecule has 1 aromatic heterocycles. The highest BCUT2D eigenvalue weighted by Crippen LogP contribution is 2.27. The van der Waals surface area contributed by atoms with E-state index in [9.17, 15) is 5.11 Å². The minimum absolute atomic E-state index is 0.448. The van der Waals surface area contributed by atoms with E-state index in [0.717, 1.165) is 15.6 Å². The SMILES string of the molecule is Cc1nc(C)c(C(O)Cc2ccc(C(C)C)cc2)s1. The zero-order chi connectivity index (χ0) is 14.0. The van der Waals surface area contributed by atoms with Crippen molar-refractivity contribution >= 4 is 11.3 Å². The molecule has 1 aromatic carbocycles. The second-order valence-electron chi connectivity index (χ2n) is 5.30. The minimum atomic E-state index is -0.448.